The lowest BCUT2D eigenvalue weighted by Crippen LogP contribution is -2.38. The standard InChI is InChI=1S/C20H22N6O/c1-15-7-5-6-10-26(15)19-11-18(21-13-22-19)25-12-17(23-14-25)20(27)24-16-8-3-2-4-9-16/h2-4,8-9,11-15H,5-7,10H2,1H3,(H,24,27)/t15-/m0/s1. The van der Waals surface area contributed by atoms with Gasteiger partial charge in [-0.2, -0.15) is 0 Å². The van der Waals surface area contributed by atoms with Crippen LogP contribution in [0.2, 0.25) is 0 Å². The normalized spacial score (nSPS) is 16.9. The third kappa shape index (κ3) is 3.81. The lowest BCUT2D eigenvalue weighted by Gasteiger charge is -2.34. The molecular weight excluding hydrogens is 340 g/mol. The number of piperidine rings is 1. The Morgan fingerprint density at radius 2 is 1.93 bits per heavy atom. The van der Waals surface area contributed by atoms with Crippen molar-refractivity contribution in [3.63, 3.8) is 0 Å². The van der Waals surface area contributed by atoms with Crippen molar-refractivity contribution in [3.8, 4) is 5.82 Å². The number of hydrogen-bond acceptors (Lipinski definition) is 5. The van der Waals surface area contributed by atoms with Crippen molar-refractivity contribution in [3.05, 3.63) is 60.9 Å². The van der Waals surface area contributed by atoms with Crippen LogP contribution in [0, 0.1) is 0 Å². The van der Waals surface area contributed by atoms with Crippen molar-refractivity contribution in [2.24, 2.45) is 0 Å². The molecule has 3 aromatic rings. The number of nitrogens with zero attached hydrogens (tertiary/aromatic N) is 5. The van der Waals surface area contributed by atoms with E-state index < -0.39 is 0 Å². The maximum Gasteiger partial charge on any atom is 0.275 e. The Labute approximate surface area is 158 Å². The number of para-hydroxylation sites is 1. The van der Waals surface area contributed by atoms with Crippen molar-refractivity contribution >= 4 is 17.4 Å². The molecule has 1 aliphatic heterocycles. The highest BCUT2D eigenvalue weighted by molar-refractivity contribution is 6.02. The number of nitrogens with one attached hydrogen (secondary N) is 1. The average molecular weight is 362 g/mol. The fourth-order valence-corrected chi connectivity index (χ4v) is 3.36. The van der Waals surface area contributed by atoms with Crippen LogP contribution in [0.25, 0.3) is 5.82 Å². The second kappa shape index (κ2) is 7.57. The zero-order valence-electron chi connectivity index (χ0n) is 15.2. The van der Waals surface area contributed by atoms with Crippen molar-refractivity contribution in [2.45, 2.75) is 32.2 Å². The fourth-order valence-electron chi connectivity index (χ4n) is 3.36. The van der Waals surface area contributed by atoms with Gasteiger partial charge >= 0.3 is 0 Å². The molecule has 138 valence electrons. The number of imidazole rings is 1. The van der Waals surface area contributed by atoms with Crippen LogP contribution < -0.4 is 10.2 Å². The second-order valence-corrected chi connectivity index (χ2v) is 6.76. The minimum atomic E-state index is -0.251. The molecule has 1 aliphatic rings. The molecule has 1 amide bonds. The Balaban J connectivity index is 1.53. The van der Waals surface area contributed by atoms with Gasteiger partial charge < -0.3 is 10.2 Å². The topological polar surface area (TPSA) is 75.9 Å². The highest BCUT2D eigenvalue weighted by atomic mass is 16.1. The summed E-state index contributed by atoms with van der Waals surface area (Å²) < 4.78 is 1.75. The third-order valence-electron chi connectivity index (χ3n) is 4.85. The molecule has 3 heterocycles. The van der Waals surface area contributed by atoms with Crippen molar-refractivity contribution in [1.29, 1.82) is 0 Å². The quantitative estimate of drug-likeness (QED) is 0.771. The van der Waals surface area contributed by atoms with Gasteiger partial charge in [-0.3, -0.25) is 9.36 Å². The number of hydrogen-bond donors (Lipinski definition) is 1. The molecule has 2 aromatic heterocycles. The lowest BCUT2D eigenvalue weighted by molar-refractivity contribution is 0.102. The summed E-state index contributed by atoms with van der Waals surface area (Å²) in [4.78, 5) is 27.7. The van der Waals surface area contributed by atoms with Gasteiger partial charge in [-0.15, -0.1) is 0 Å². The van der Waals surface area contributed by atoms with E-state index in [1.165, 1.54) is 19.3 Å². The predicted octanol–water partition coefficient (Wildman–Crippen LogP) is 3.29. The van der Waals surface area contributed by atoms with Crippen LogP contribution in [0.5, 0.6) is 0 Å². The Kier molecular flexibility index (Phi) is 4.82. The maximum absolute atomic E-state index is 12.4. The van der Waals surface area contributed by atoms with Gasteiger partial charge in [0.2, 0.25) is 0 Å². The number of aromatic nitrogens is 4. The Bertz CT molecular complexity index is 923. The third-order valence-corrected chi connectivity index (χ3v) is 4.85. The van der Waals surface area contributed by atoms with E-state index in [0.29, 0.717) is 17.6 Å². The first-order valence-corrected chi connectivity index (χ1v) is 9.20. The summed E-state index contributed by atoms with van der Waals surface area (Å²) in [7, 11) is 0. The molecule has 0 unspecified atom stereocenters. The summed E-state index contributed by atoms with van der Waals surface area (Å²) in [5.41, 5.74) is 1.07. The van der Waals surface area contributed by atoms with Crippen LogP contribution in [0.1, 0.15) is 36.7 Å². The smallest absolute Gasteiger partial charge is 0.275 e. The first-order valence-electron chi connectivity index (χ1n) is 9.20. The van der Waals surface area contributed by atoms with Gasteiger partial charge in [-0.05, 0) is 38.3 Å². The largest absolute Gasteiger partial charge is 0.354 e. The highest BCUT2D eigenvalue weighted by Gasteiger charge is 2.20. The Morgan fingerprint density at radius 3 is 2.74 bits per heavy atom. The summed E-state index contributed by atoms with van der Waals surface area (Å²) in [6, 6.07) is 11.7. The summed E-state index contributed by atoms with van der Waals surface area (Å²) in [5, 5.41) is 2.84. The molecule has 1 aromatic carbocycles. The molecule has 1 fully saturated rings. The van der Waals surface area contributed by atoms with Gasteiger partial charge in [0.25, 0.3) is 5.91 Å². The molecule has 1 saturated heterocycles. The van der Waals surface area contributed by atoms with Crippen molar-refractivity contribution < 1.29 is 4.79 Å². The molecule has 7 nitrogen and oxygen atoms in total. The molecule has 7 heteroatoms. The van der Waals surface area contributed by atoms with Gasteiger partial charge in [0.1, 0.15) is 30.0 Å². The van der Waals surface area contributed by atoms with Crippen molar-refractivity contribution in [1.82, 2.24) is 19.5 Å². The Morgan fingerprint density at radius 1 is 1.11 bits per heavy atom. The summed E-state index contributed by atoms with van der Waals surface area (Å²) in [6.07, 6.45) is 8.47. The molecule has 1 N–H and O–H groups in total. The van der Waals surface area contributed by atoms with Gasteiger partial charge in [-0.1, -0.05) is 18.2 Å². The second-order valence-electron chi connectivity index (χ2n) is 6.76. The first kappa shape index (κ1) is 17.2. The van der Waals surface area contributed by atoms with E-state index in [4.69, 9.17) is 0 Å². The van der Waals surface area contributed by atoms with E-state index >= 15 is 0 Å². The van der Waals surface area contributed by atoms with E-state index in [1.807, 2.05) is 36.4 Å². The molecule has 27 heavy (non-hydrogen) atoms. The van der Waals surface area contributed by atoms with Crippen LogP contribution in [0.15, 0.2) is 55.2 Å². The molecule has 0 radical (unpaired) electrons. The number of benzene rings is 1. The van der Waals surface area contributed by atoms with E-state index in [1.54, 1.807) is 23.4 Å². The average Bonchev–Trinajstić information content (AvgIpc) is 3.20. The van der Waals surface area contributed by atoms with Gasteiger partial charge in [0.15, 0.2) is 0 Å². The predicted molar refractivity (Wildman–Crippen MR) is 104 cm³/mol. The molecule has 0 saturated carbocycles. The minimum absolute atomic E-state index is 0.251. The molecular formula is C20H22N6O. The zero-order chi connectivity index (χ0) is 18.6. The van der Waals surface area contributed by atoms with Crippen LogP contribution in [0.3, 0.4) is 0 Å². The molecule has 0 spiro atoms. The monoisotopic (exact) mass is 362 g/mol. The number of amides is 1. The number of carbonyl (C=O) groups is 1. The van der Waals surface area contributed by atoms with Gasteiger partial charge in [0, 0.05) is 30.5 Å². The number of rotatable bonds is 4. The van der Waals surface area contributed by atoms with Gasteiger partial charge in [0.05, 0.1) is 0 Å². The van der Waals surface area contributed by atoms with E-state index in [-0.39, 0.29) is 5.91 Å². The van der Waals surface area contributed by atoms with Gasteiger partial charge in [-0.25, -0.2) is 15.0 Å². The van der Waals surface area contributed by atoms with E-state index in [9.17, 15) is 4.79 Å². The van der Waals surface area contributed by atoms with E-state index in [2.05, 4.69) is 32.1 Å². The lowest BCUT2D eigenvalue weighted by atomic mass is 10.0. The maximum atomic E-state index is 12.4. The summed E-state index contributed by atoms with van der Waals surface area (Å²) in [6.45, 7) is 3.23. The van der Waals surface area contributed by atoms with Crippen LogP contribution in [-0.2, 0) is 0 Å². The fraction of sp³-hybridized carbons (Fsp3) is 0.300. The van der Waals surface area contributed by atoms with Crippen LogP contribution >= 0.6 is 0 Å². The van der Waals surface area contributed by atoms with Crippen molar-refractivity contribution in [2.75, 3.05) is 16.8 Å². The number of anilines is 2. The Hall–Kier alpha value is -3.22. The molecule has 1 atom stereocenters. The van der Waals surface area contributed by atoms with E-state index in [0.717, 1.165) is 18.1 Å². The highest BCUT2D eigenvalue weighted by Crippen LogP contribution is 2.23. The summed E-state index contributed by atoms with van der Waals surface area (Å²) in [5.74, 6) is 1.36. The SMILES string of the molecule is C[C@H]1CCCCN1c1cc(-n2cnc(C(=O)Nc3ccccc3)c2)ncn1. The van der Waals surface area contributed by atoms with Crippen LogP contribution in [-0.4, -0.2) is 38.0 Å². The first-order chi connectivity index (χ1) is 13.2. The molecule has 0 aliphatic carbocycles. The zero-order valence-corrected chi connectivity index (χ0v) is 15.2. The molecule has 0 bridgehead atoms. The minimum Gasteiger partial charge on any atom is -0.354 e. The number of carbonyl (C=O) groups excluding carboxylic acids is 1. The molecule has 4 rings (SSSR count). The van der Waals surface area contributed by atoms with Crippen LogP contribution in [0.4, 0.5) is 11.5 Å². The summed E-state index contributed by atoms with van der Waals surface area (Å²) >= 11 is 0.